The van der Waals surface area contributed by atoms with Gasteiger partial charge in [-0.2, -0.15) is 13.2 Å². The zero-order chi connectivity index (χ0) is 15.6. The SMILES string of the molecule is Cc1ccc(C)c(NC(C)c2ccccc2C(F)(F)F)c1. The van der Waals surface area contributed by atoms with Crippen molar-refractivity contribution in [1.82, 2.24) is 0 Å². The van der Waals surface area contributed by atoms with Crippen LogP contribution in [-0.2, 0) is 6.18 Å². The Hall–Kier alpha value is -1.97. The summed E-state index contributed by atoms with van der Waals surface area (Å²) in [6.07, 6.45) is -4.34. The van der Waals surface area contributed by atoms with E-state index < -0.39 is 17.8 Å². The molecule has 2 aromatic rings. The van der Waals surface area contributed by atoms with Gasteiger partial charge in [-0.3, -0.25) is 0 Å². The van der Waals surface area contributed by atoms with Crippen molar-refractivity contribution in [3.05, 3.63) is 64.7 Å². The van der Waals surface area contributed by atoms with E-state index >= 15 is 0 Å². The Morgan fingerprint density at radius 2 is 1.67 bits per heavy atom. The summed E-state index contributed by atoms with van der Waals surface area (Å²) in [5.41, 5.74) is 2.61. The van der Waals surface area contributed by atoms with Crippen LogP contribution in [0, 0.1) is 13.8 Å². The van der Waals surface area contributed by atoms with Gasteiger partial charge in [0, 0.05) is 11.7 Å². The highest BCUT2D eigenvalue weighted by Crippen LogP contribution is 2.35. The first-order valence-electron chi connectivity index (χ1n) is 6.79. The molecule has 1 atom stereocenters. The minimum Gasteiger partial charge on any atom is -0.378 e. The van der Waals surface area contributed by atoms with Crippen LogP contribution < -0.4 is 5.32 Å². The molecule has 0 saturated carbocycles. The Balaban J connectivity index is 2.33. The molecule has 0 aromatic heterocycles. The molecule has 112 valence electrons. The molecular weight excluding hydrogens is 275 g/mol. The average molecular weight is 293 g/mol. The molecule has 0 aliphatic carbocycles. The lowest BCUT2D eigenvalue weighted by Crippen LogP contribution is -2.15. The number of rotatable bonds is 3. The van der Waals surface area contributed by atoms with Gasteiger partial charge in [0.1, 0.15) is 0 Å². The van der Waals surface area contributed by atoms with Crippen LogP contribution in [0.1, 0.15) is 35.2 Å². The monoisotopic (exact) mass is 293 g/mol. The third-order valence-corrected chi connectivity index (χ3v) is 3.50. The van der Waals surface area contributed by atoms with Crippen LogP contribution >= 0.6 is 0 Å². The normalized spacial score (nSPS) is 13.0. The van der Waals surface area contributed by atoms with Crippen LogP contribution in [0.2, 0.25) is 0 Å². The van der Waals surface area contributed by atoms with Gasteiger partial charge in [-0.15, -0.1) is 0 Å². The molecule has 1 unspecified atom stereocenters. The maximum atomic E-state index is 13.1. The number of anilines is 1. The van der Waals surface area contributed by atoms with E-state index in [1.807, 2.05) is 32.0 Å². The Bertz CT molecular complexity index is 632. The summed E-state index contributed by atoms with van der Waals surface area (Å²) in [6.45, 7) is 5.63. The van der Waals surface area contributed by atoms with Gasteiger partial charge in [-0.1, -0.05) is 30.3 Å². The summed E-state index contributed by atoms with van der Waals surface area (Å²) in [4.78, 5) is 0. The molecule has 1 N–H and O–H groups in total. The summed E-state index contributed by atoms with van der Waals surface area (Å²) in [5.74, 6) is 0. The van der Waals surface area contributed by atoms with Gasteiger partial charge >= 0.3 is 6.18 Å². The van der Waals surface area contributed by atoms with Gasteiger partial charge < -0.3 is 5.32 Å². The van der Waals surface area contributed by atoms with Crippen LogP contribution in [0.25, 0.3) is 0 Å². The van der Waals surface area contributed by atoms with Crippen molar-refractivity contribution < 1.29 is 13.2 Å². The predicted octanol–water partition coefficient (Wildman–Crippen LogP) is 5.50. The minimum absolute atomic E-state index is 0.255. The maximum absolute atomic E-state index is 13.1. The molecule has 0 bridgehead atoms. The second kappa shape index (κ2) is 5.80. The average Bonchev–Trinajstić information content (AvgIpc) is 2.42. The molecule has 0 heterocycles. The largest absolute Gasteiger partial charge is 0.416 e. The van der Waals surface area contributed by atoms with Crippen LogP contribution in [0.15, 0.2) is 42.5 Å². The maximum Gasteiger partial charge on any atom is 0.416 e. The molecule has 2 rings (SSSR count). The summed E-state index contributed by atoms with van der Waals surface area (Å²) in [5, 5.41) is 3.18. The predicted molar refractivity (Wildman–Crippen MR) is 79.4 cm³/mol. The lowest BCUT2D eigenvalue weighted by molar-refractivity contribution is -0.138. The second-order valence-electron chi connectivity index (χ2n) is 5.27. The van der Waals surface area contributed by atoms with Crippen molar-refractivity contribution in [3.63, 3.8) is 0 Å². The van der Waals surface area contributed by atoms with Crippen LogP contribution in [0.3, 0.4) is 0 Å². The van der Waals surface area contributed by atoms with Crippen LogP contribution in [-0.4, -0.2) is 0 Å². The Labute approximate surface area is 122 Å². The first-order valence-corrected chi connectivity index (χ1v) is 6.79. The number of aryl methyl sites for hydroxylation is 2. The van der Waals surface area contributed by atoms with Crippen molar-refractivity contribution in [2.24, 2.45) is 0 Å². The van der Waals surface area contributed by atoms with Gasteiger partial charge in [-0.25, -0.2) is 0 Å². The summed E-state index contributed by atoms with van der Waals surface area (Å²) >= 11 is 0. The highest BCUT2D eigenvalue weighted by atomic mass is 19.4. The Kier molecular flexibility index (Phi) is 4.26. The topological polar surface area (TPSA) is 12.0 Å². The van der Waals surface area contributed by atoms with Gasteiger partial charge in [0.05, 0.1) is 5.56 Å². The first-order chi connectivity index (χ1) is 9.79. The van der Waals surface area contributed by atoms with E-state index in [1.165, 1.54) is 12.1 Å². The fraction of sp³-hybridized carbons (Fsp3) is 0.294. The molecule has 2 aromatic carbocycles. The van der Waals surface area contributed by atoms with E-state index in [-0.39, 0.29) is 5.56 Å². The third-order valence-electron chi connectivity index (χ3n) is 3.50. The number of hydrogen-bond acceptors (Lipinski definition) is 1. The van der Waals surface area contributed by atoms with E-state index in [9.17, 15) is 13.2 Å². The number of alkyl halides is 3. The number of halogens is 3. The van der Waals surface area contributed by atoms with E-state index in [4.69, 9.17) is 0 Å². The van der Waals surface area contributed by atoms with Crippen molar-refractivity contribution in [2.75, 3.05) is 5.32 Å². The molecule has 0 fully saturated rings. The van der Waals surface area contributed by atoms with E-state index in [0.29, 0.717) is 0 Å². The fourth-order valence-electron chi connectivity index (χ4n) is 2.34. The van der Waals surface area contributed by atoms with Gasteiger partial charge in [-0.05, 0) is 49.6 Å². The van der Waals surface area contributed by atoms with Crippen molar-refractivity contribution in [2.45, 2.75) is 33.0 Å². The molecule has 21 heavy (non-hydrogen) atoms. The molecule has 0 aliphatic rings. The molecule has 0 radical (unpaired) electrons. The number of nitrogens with one attached hydrogen (secondary N) is 1. The van der Waals surface area contributed by atoms with Crippen molar-refractivity contribution in [1.29, 1.82) is 0 Å². The molecule has 0 amide bonds. The van der Waals surface area contributed by atoms with E-state index in [0.717, 1.165) is 22.9 Å². The standard InChI is InChI=1S/C17H18F3N/c1-11-8-9-12(2)16(10-11)21-13(3)14-6-4-5-7-15(14)17(18,19)20/h4-10,13,21H,1-3H3. The Morgan fingerprint density at radius 3 is 2.33 bits per heavy atom. The lowest BCUT2D eigenvalue weighted by atomic mass is 10.00. The number of hydrogen-bond donors (Lipinski definition) is 1. The van der Waals surface area contributed by atoms with E-state index in [1.54, 1.807) is 13.0 Å². The zero-order valence-electron chi connectivity index (χ0n) is 12.3. The van der Waals surface area contributed by atoms with Crippen LogP contribution in [0.4, 0.5) is 18.9 Å². The third kappa shape index (κ3) is 3.57. The highest BCUT2D eigenvalue weighted by molar-refractivity contribution is 5.54. The minimum atomic E-state index is -4.34. The zero-order valence-corrected chi connectivity index (χ0v) is 12.3. The number of benzene rings is 2. The van der Waals surface area contributed by atoms with Crippen molar-refractivity contribution >= 4 is 5.69 Å². The molecule has 4 heteroatoms. The quantitative estimate of drug-likeness (QED) is 0.788. The fourth-order valence-corrected chi connectivity index (χ4v) is 2.34. The van der Waals surface area contributed by atoms with Gasteiger partial charge in [0.2, 0.25) is 0 Å². The smallest absolute Gasteiger partial charge is 0.378 e. The molecule has 1 nitrogen and oxygen atoms in total. The highest BCUT2D eigenvalue weighted by Gasteiger charge is 2.34. The van der Waals surface area contributed by atoms with Crippen LogP contribution in [0.5, 0.6) is 0 Å². The summed E-state index contributed by atoms with van der Waals surface area (Å²) in [6, 6.07) is 11.1. The second-order valence-corrected chi connectivity index (χ2v) is 5.27. The van der Waals surface area contributed by atoms with Gasteiger partial charge in [0.25, 0.3) is 0 Å². The van der Waals surface area contributed by atoms with Crippen molar-refractivity contribution in [3.8, 4) is 0 Å². The van der Waals surface area contributed by atoms with E-state index in [2.05, 4.69) is 5.32 Å². The Morgan fingerprint density at radius 1 is 1.00 bits per heavy atom. The summed E-state index contributed by atoms with van der Waals surface area (Å²) in [7, 11) is 0. The van der Waals surface area contributed by atoms with Gasteiger partial charge in [0.15, 0.2) is 0 Å². The summed E-state index contributed by atoms with van der Waals surface area (Å²) < 4.78 is 39.2. The molecule has 0 spiro atoms. The molecule has 0 saturated heterocycles. The first kappa shape index (κ1) is 15.4. The molecule has 0 aliphatic heterocycles. The lowest BCUT2D eigenvalue weighted by Gasteiger charge is -2.21. The molecular formula is C17H18F3N.